The normalized spacial score (nSPS) is 11.8. The van der Waals surface area contributed by atoms with Crippen molar-refractivity contribution < 1.29 is 0 Å². The number of aliphatic imine (C=N–C) groups is 1. The van der Waals surface area contributed by atoms with E-state index in [1.54, 1.807) is 0 Å². The van der Waals surface area contributed by atoms with Crippen LogP contribution in [0.1, 0.15) is 20.3 Å². The molecule has 0 aromatic carbocycles. The highest BCUT2D eigenvalue weighted by Crippen LogP contribution is 1.87. The summed E-state index contributed by atoms with van der Waals surface area (Å²) in [4.78, 5) is 6.20. The lowest BCUT2D eigenvalue weighted by Gasteiger charge is -2.16. The maximum absolute atomic E-state index is 4.05. The SMILES string of the molecule is CCCN(C)/C(C)=N/C. The second-order valence-corrected chi connectivity index (χ2v) is 2.19. The van der Waals surface area contributed by atoms with Crippen molar-refractivity contribution in [3.63, 3.8) is 0 Å². The van der Waals surface area contributed by atoms with Gasteiger partial charge in [0.25, 0.3) is 0 Å². The third-order valence-electron chi connectivity index (χ3n) is 1.44. The fourth-order valence-corrected chi connectivity index (χ4v) is 0.668. The highest BCUT2D eigenvalue weighted by Gasteiger charge is 1.94. The van der Waals surface area contributed by atoms with Gasteiger partial charge in [-0.05, 0) is 13.3 Å². The summed E-state index contributed by atoms with van der Waals surface area (Å²) in [5, 5.41) is 0. The summed E-state index contributed by atoms with van der Waals surface area (Å²) in [6.45, 7) is 5.29. The summed E-state index contributed by atoms with van der Waals surface area (Å²) < 4.78 is 0. The molecule has 0 aliphatic rings. The Hall–Kier alpha value is -0.530. The number of hydrogen-bond acceptors (Lipinski definition) is 1. The summed E-state index contributed by atoms with van der Waals surface area (Å²) >= 11 is 0. The maximum Gasteiger partial charge on any atom is 0.0951 e. The molecule has 0 N–H and O–H groups in total. The van der Waals surface area contributed by atoms with Gasteiger partial charge in [-0.15, -0.1) is 0 Å². The van der Waals surface area contributed by atoms with Gasteiger partial charge in [-0.1, -0.05) is 6.92 Å². The largest absolute Gasteiger partial charge is 0.364 e. The molecule has 2 heteroatoms. The number of amidine groups is 1. The Bertz CT molecular complexity index is 97.1. The van der Waals surface area contributed by atoms with E-state index in [2.05, 4.69) is 23.9 Å². The van der Waals surface area contributed by atoms with Crippen LogP contribution in [-0.2, 0) is 0 Å². The zero-order valence-electron chi connectivity index (χ0n) is 6.81. The molecule has 0 atom stereocenters. The molecule has 0 saturated heterocycles. The molecule has 0 saturated carbocycles. The van der Waals surface area contributed by atoms with Gasteiger partial charge >= 0.3 is 0 Å². The predicted octanol–water partition coefficient (Wildman–Crippen LogP) is 1.38. The molecule has 0 unspecified atom stereocenters. The first kappa shape index (κ1) is 8.47. The van der Waals surface area contributed by atoms with Crippen molar-refractivity contribution in [3.05, 3.63) is 0 Å². The first-order valence-electron chi connectivity index (χ1n) is 3.36. The molecule has 0 bridgehead atoms. The van der Waals surface area contributed by atoms with E-state index in [-0.39, 0.29) is 0 Å². The van der Waals surface area contributed by atoms with Gasteiger partial charge in [0.2, 0.25) is 0 Å². The smallest absolute Gasteiger partial charge is 0.0951 e. The third-order valence-corrected chi connectivity index (χ3v) is 1.44. The molecule has 0 spiro atoms. The Labute approximate surface area is 57.6 Å². The molecule has 0 aromatic heterocycles. The molecule has 0 aliphatic carbocycles. The Morgan fingerprint density at radius 3 is 2.44 bits per heavy atom. The molecular formula is C7H16N2. The zero-order valence-corrected chi connectivity index (χ0v) is 6.81. The third kappa shape index (κ3) is 3.12. The Kier molecular flexibility index (Phi) is 4.10. The van der Waals surface area contributed by atoms with E-state index >= 15 is 0 Å². The monoisotopic (exact) mass is 128 g/mol. The van der Waals surface area contributed by atoms with Gasteiger partial charge in [0.05, 0.1) is 5.84 Å². The van der Waals surface area contributed by atoms with Gasteiger partial charge in [-0.2, -0.15) is 0 Å². The van der Waals surface area contributed by atoms with Crippen LogP contribution in [-0.4, -0.2) is 31.4 Å². The minimum Gasteiger partial charge on any atom is -0.364 e. The van der Waals surface area contributed by atoms with E-state index in [0.29, 0.717) is 0 Å². The highest BCUT2D eigenvalue weighted by atomic mass is 15.1. The van der Waals surface area contributed by atoms with Crippen LogP contribution >= 0.6 is 0 Å². The van der Waals surface area contributed by atoms with E-state index in [1.165, 1.54) is 6.42 Å². The summed E-state index contributed by atoms with van der Waals surface area (Å²) in [6.07, 6.45) is 1.18. The van der Waals surface area contributed by atoms with Crippen molar-refractivity contribution in [2.45, 2.75) is 20.3 Å². The van der Waals surface area contributed by atoms with E-state index in [1.807, 2.05) is 14.0 Å². The fourth-order valence-electron chi connectivity index (χ4n) is 0.668. The summed E-state index contributed by atoms with van der Waals surface area (Å²) in [5.74, 6) is 1.11. The molecule has 0 amide bonds. The summed E-state index contributed by atoms with van der Waals surface area (Å²) in [7, 11) is 3.88. The minimum absolute atomic E-state index is 1.10. The van der Waals surface area contributed by atoms with E-state index in [4.69, 9.17) is 0 Å². The topological polar surface area (TPSA) is 15.6 Å². The van der Waals surface area contributed by atoms with E-state index < -0.39 is 0 Å². The predicted molar refractivity (Wildman–Crippen MR) is 42.0 cm³/mol. The zero-order chi connectivity index (χ0) is 7.28. The van der Waals surface area contributed by atoms with Crippen molar-refractivity contribution in [2.75, 3.05) is 20.6 Å². The van der Waals surface area contributed by atoms with Crippen molar-refractivity contribution in [1.29, 1.82) is 0 Å². The van der Waals surface area contributed by atoms with Gasteiger partial charge in [0.1, 0.15) is 0 Å². The second kappa shape index (κ2) is 4.36. The second-order valence-electron chi connectivity index (χ2n) is 2.19. The van der Waals surface area contributed by atoms with Crippen molar-refractivity contribution in [3.8, 4) is 0 Å². The van der Waals surface area contributed by atoms with E-state index in [9.17, 15) is 0 Å². The number of hydrogen-bond donors (Lipinski definition) is 0. The van der Waals surface area contributed by atoms with Gasteiger partial charge in [-0.3, -0.25) is 4.99 Å². The molecule has 0 aromatic rings. The Morgan fingerprint density at radius 2 is 2.11 bits per heavy atom. The van der Waals surface area contributed by atoms with Gasteiger partial charge in [-0.25, -0.2) is 0 Å². The van der Waals surface area contributed by atoms with Crippen LogP contribution in [0.2, 0.25) is 0 Å². The van der Waals surface area contributed by atoms with Gasteiger partial charge in [0.15, 0.2) is 0 Å². The lowest BCUT2D eigenvalue weighted by atomic mass is 10.4. The van der Waals surface area contributed by atoms with E-state index in [0.717, 1.165) is 12.4 Å². The molecule has 0 fully saturated rings. The van der Waals surface area contributed by atoms with Crippen LogP contribution in [0.3, 0.4) is 0 Å². The molecule has 9 heavy (non-hydrogen) atoms. The summed E-state index contributed by atoms with van der Waals surface area (Å²) in [5.41, 5.74) is 0. The molecule has 2 nitrogen and oxygen atoms in total. The van der Waals surface area contributed by atoms with Gasteiger partial charge < -0.3 is 4.90 Å². The average molecular weight is 128 g/mol. The standard InChI is InChI=1S/C7H16N2/c1-5-6-9(4)7(2)8-3/h5-6H2,1-4H3/b8-7+. The number of rotatable bonds is 2. The van der Waals surface area contributed by atoms with Crippen LogP contribution in [0.25, 0.3) is 0 Å². The lowest BCUT2D eigenvalue weighted by molar-refractivity contribution is 0.497. The lowest BCUT2D eigenvalue weighted by Crippen LogP contribution is -2.24. The minimum atomic E-state index is 1.10. The molecule has 0 heterocycles. The van der Waals surface area contributed by atoms with Crippen molar-refractivity contribution in [2.24, 2.45) is 4.99 Å². The average Bonchev–Trinajstić information content (AvgIpc) is 1.87. The van der Waals surface area contributed by atoms with Crippen LogP contribution < -0.4 is 0 Å². The molecule has 54 valence electrons. The number of nitrogens with zero attached hydrogens (tertiary/aromatic N) is 2. The first-order valence-corrected chi connectivity index (χ1v) is 3.36. The first-order chi connectivity index (χ1) is 4.22. The Balaban J connectivity index is 3.59. The van der Waals surface area contributed by atoms with Crippen molar-refractivity contribution in [1.82, 2.24) is 4.90 Å². The van der Waals surface area contributed by atoms with Crippen LogP contribution in [0.4, 0.5) is 0 Å². The van der Waals surface area contributed by atoms with Crippen LogP contribution in [0, 0.1) is 0 Å². The highest BCUT2D eigenvalue weighted by molar-refractivity contribution is 5.79. The Morgan fingerprint density at radius 1 is 1.56 bits per heavy atom. The maximum atomic E-state index is 4.05. The molecular weight excluding hydrogens is 112 g/mol. The summed E-state index contributed by atoms with van der Waals surface area (Å²) in [6, 6.07) is 0. The van der Waals surface area contributed by atoms with Crippen LogP contribution in [0.5, 0.6) is 0 Å². The quantitative estimate of drug-likeness (QED) is 0.405. The van der Waals surface area contributed by atoms with Crippen molar-refractivity contribution >= 4 is 5.84 Å². The van der Waals surface area contributed by atoms with Crippen LogP contribution in [0.15, 0.2) is 4.99 Å². The molecule has 0 rings (SSSR count). The molecule has 0 aliphatic heterocycles. The molecule has 0 radical (unpaired) electrons. The van der Waals surface area contributed by atoms with Gasteiger partial charge in [0, 0.05) is 20.6 Å². The fraction of sp³-hybridized carbons (Fsp3) is 0.857.